The van der Waals surface area contributed by atoms with Crippen molar-refractivity contribution in [2.75, 3.05) is 51.1 Å². The van der Waals surface area contributed by atoms with Gasteiger partial charge in [0, 0.05) is 63.5 Å². The van der Waals surface area contributed by atoms with Crippen LogP contribution in [0.2, 0.25) is 0 Å². The van der Waals surface area contributed by atoms with E-state index in [4.69, 9.17) is 10.5 Å². The van der Waals surface area contributed by atoms with E-state index in [-0.39, 0.29) is 18.1 Å². The quantitative estimate of drug-likeness (QED) is 0.603. The number of ether oxygens (including phenoxy) is 1. The Labute approximate surface area is 183 Å². The number of morpholine rings is 1. The molecule has 2 atom stereocenters. The predicted octanol–water partition coefficient (Wildman–Crippen LogP) is 0.0857. The molecule has 3 N–H and O–H groups in total. The number of anilines is 1. The van der Waals surface area contributed by atoms with Gasteiger partial charge in [-0.2, -0.15) is 17.0 Å². The highest BCUT2D eigenvalue weighted by Crippen LogP contribution is 2.19. The summed E-state index contributed by atoms with van der Waals surface area (Å²) in [7, 11) is -3.51. The molecule has 1 aromatic rings. The van der Waals surface area contributed by atoms with Crippen molar-refractivity contribution in [2.45, 2.75) is 32.5 Å². The molecule has 0 spiro atoms. The second-order valence-corrected chi connectivity index (χ2v) is 9.99. The molecule has 2 heterocycles. The van der Waals surface area contributed by atoms with Crippen molar-refractivity contribution in [3.8, 4) is 0 Å². The highest BCUT2D eigenvalue weighted by Gasteiger charge is 2.36. The smallest absolute Gasteiger partial charge is 0.282 e. The van der Waals surface area contributed by atoms with Gasteiger partial charge in [0.05, 0.1) is 12.2 Å². The van der Waals surface area contributed by atoms with Crippen molar-refractivity contribution in [1.29, 1.82) is 0 Å². The van der Waals surface area contributed by atoms with Crippen molar-refractivity contribution in [3.05, 3.63) is 29.8 Å². The van der Waals surface area contributed by atoms with Crippen LogP contribution in [0.15, 0.2) is 24.3 Å². The van der Waals surface area contributed by atoms with Gasteiger partial charge in [-0.1, -0.05) is 0 Å². The molecule has 0 aromatic heterocycles. The molecule has 10 nitrogen and oxygen atoms in total. The monoisotopic (exact) mass is 453 g/mol. The minimum absolute atomic E-state index is 0.120. The minimum atomic E-state index is -3.51. The van der Waals surface area contributed by atoms with Crippen LogP contribution >= 0.6 is 0 Å². The molecule has 1 aromatic carbocycles. The number of hydrogen-bond acceptors (Lipinski definition) is 6. The predicted molar refractivity (Wildman–Crippen MR) is 117 cm³/mol. The molecule has 0 aliphatic carbocycles. The first-order valence-corrected chi connectivity index (χ1v) is 11.9. The molecule has 2 fully saturated rings. The van der Waals surface area contributed by atoms with Crippen LogP contribution in [0.3, 0.4) is 0 Å². The van der Waals surface area contributed by atoms with Crippen LogP contribution in [-0.2, 0) is 19.7 Å². The van der Waals surface area contributed by atoms with E-state index in [2.05, 4.69) is 10.2 Å². The minimum Gasteiger partial charge on any atom is -0.373 e. The van der Waals surface area contributed by atoms with E-state index in [9.17, 15) is 18.0 Å². The SMILES string of the molecule is CC1CN(S(=O)(=O)N2CCN(CCC(=O)Nc3ccc(C(N)=O)cc3)CC2)CC(C)O1. The Morgan fingerprint density at radius 1 is 1.03 bits per heavy atom. The van der Waals surface area contributed by atoms with Gasteiger partial charge < -0.3 is 20.7 Å². The normalized spacial score (nSPS) is 24.1. The first kappa shape index (κ1) is 23.6. The van der Waals surface area contributed by atoms with Gasteiger partial charge in [-0.3, -0.25) is 9.59 Å². The van der Waals surface area contributed by atoms with E-state index in [1.54, 1.807) is 24.3 Å². The van der Waals surface area contributed by atoms with E-state index >= 15 is 0 Å². The average molecular weight is 454 g/mol. The van der Waals surface area contributed by atoms with Gasteiger partial charge in [0.25, 0.3) is 10.2 Å². The number of benzene rings is 1. The fourth-order valence-corrected chi connectivity index (χ4v) is 5.62. The van der Waals surface area contributed by atoms with Crippen LogP contribution in [0.25, 0.3) is 0 Å². The molecular formula is C20H31N5O5S. The Morgan fingerprint density at radius 2 is 1.61 bits per heavy atom. The molecule has 0 saturated carbocycles. The van der Waals surface area contributed by atoms with Crippen molar-refractivity contribution >= 4 is 27.7 Å². The Morgan fingerprint density at radius 3 is 2.16 bits per heavy atom. The molecule has 2 aliphatic heterocycles. The molecule has 0 bridgehead atoms. The highest BCUT2D eigenvalue weighted by molar-refractivity contribution is 7.86. The van der Waals surface area contributed by atoms with Gasteiger partial charge >= 0.3 is 0 Å². The lowest BCUT2D eigenvalue weighted by atomic mass is 10.2. The zero-order valence-electron chi connectivity index (χ0n) is 18.0. The average Bonchev–Trinajstić information content (AvgIpc) is 2.72. The number of carbonyl (C=O) groups is 2. The third-order valence-electron chi connectivity index (χ3n) is 5.48. The zero-order chi connectivity index (χ0) is 22.6. The van der Waals surface area contributed by atoms with E-state index < -0.39 is 16.1 Å². The number of rotatable bonds is 7. The molecule has 172 valence electrons. The van der Waals surface area contributed by atoms with Gasteiger partial charge in [0.15, 0.2) is 0 Å². The molecule has 31 heavy (non-hydrogen) atoms. The first-order chi connectivity index (χ1) is 14.6. The number of nitrogens with zero attached hydrogens (tertiary/aromatic N) is 3. The molecular weight excluding hydrogens is 422 g/mol. The maximum absolute atomic E-state index is 13.0. The third-order valence-corrected chi connectivity index (χ3v) is 7.45. The maximum atomic E-state index is 13.0. The third kappa shape index (κ3) is 6.23. The Bertz CT molecular complexity index is 874. The number of carbonyl (C=O) groups excluding carboxylic acids is 2. The lowest BCUT2D eigenvalue weighted by molar-refractivity contribution is -0.116. The lowest BCUT2D eigenvalue weighted by Crippen LogP contribution is -2.57. The number of piperazine rings is 1. The summed E-state index contributed by atoms with van der Waals surface area (Å²) in [5.74, 6) is -0.658. The van der Waals surface area contributed by atoms with Crippen LogP contribution in [0.4, 0.5) is 5.69 Å². The summed E-state index contributed by atoms with van der Waals surface area (Å²) in [6.07, 6.45) is 0.0543. The van der Waals surface area contributed by atoms with Crippen LogP contribution < -0.4 is 11.1 Å². The van der Waals surface area contributed by atoms with Gasteiger partial charge in [-0.25, -0.2) is 0 Å². The van der Waals surface area contributed by atoms with Crippen molar-refractivity contribution in [1.82, 2.24) is 13.5 Å². The fraction of sp³-hybridized carbons (Fsp3) is 0.600. The standard InChI is InChI=1S/C20H31N5O5S/c1-15-13-25(14-16(2)30-15)31(28,29)24-11-9-23(10-12-24)8-7-19(26)22-18-5-3-17(4-6-18)20(21)27/h3-6,15-16H,7-14H2,1-2H3,(H2,21,27)(H,22,26). The number of hydrogen-bond donors (Lipinski definition) is 2. The topological polar surface area (TPSA) is 125 Å². The van der Waals surface area contributed by atoms with Crippen molar-refractivity contribution < 1.29 is 22.7 Å². The second-order valence-electron chi connectivity index (χ2n) is 8.06. The van der Waals surface area contributed by atoms with Crippen LogP contribution in [0, 0.1) is 0 Å². The zero-order valence-corrected chi connectivity index (χ0v) is 18.8. The van der Waals surface area contributed by atoms with Crippen LogP contribution in [0.1, 0.15) is 30.6 Å². The van der Waals surface area contributed by atoms with Crippen LogP contribution in [0.5, 0.6) is 0 Å². The highest BCUT2D eigenvalue weighted by atomic mass is 32.2. The Hall–Kier alpha value is -2.05. The van der Waals surface area contributed by atoms with E-state index in [1.165, 1.54) is 8.61 Å². The Kier molecular flexibility index (Phi) is 7.65. The van der Waals surface area contributed by atoms with E-state index in [0.717, 1.165) is 0 Å². The molecule has 2 aliphatic rings. The maximum Gasteiger partial charge on any atom is 0.282 e. The summed E-state index contributed by atoms with van der Waals surface area (Å²) >= 11 is 0. The Balaban J connectivity index is 1.43. The number of nitrogens with one attached hydrogen (secondary N) is 1. The molecule has 2 unspecified atom stereocenters. The van der Waals surface area contributed by atoms with Gasteiger partial charge in [0.1, 0.15) is 0 Å². The van der Waals surface area contributed by atoms with Gasteiger partial charge in [-0.05, 0) is 38.1 Å². The summed E-state index contributed by atoms with van der Waals surface area (Å²) in [6, 6.07) is 6.39. The van der Waals surface area contributed by atoms with Crippen molar-refractivity contribution in [2.24, 2.45) is 5.73 Å². The second kappa shape index (κ2) is 10.0. The van der Waals surface area contributed by atoms with E-state index in [0.29, 0.717) is 63.5 Å². The molecule has 3 rings (SSSR count). The van der Waals surface area contributed by atoms with Crippen molar-refractivity contribution in [3.63, 3.8) is 0 Å². The summed E-state index contributed by atoms with van der Waals surface area (Å²) in [4.78, 5) is 25.4. The summed E-state index contributed by atoms with van der Waals surface area (Å²) in [6.45, 7) is 7.01. The first-order valence-electron chi connectivity index (χ1n) is 10.5. The molecule has 0 radical (unpaired) electrons. The fourth-order valence-electron chi connectivity index (χ4n) is 3.87. The number of amides is 2. The summed E-state index contributed by atoms with van der Waals surface area (Å²) < 4.78 is 34.6. The van der Waals surface area contributed by atoms with E-state index in [1.807, 2.05) is 13.8 Å². The summed E-state index contributed by atoms with van der Waals surface area (Å²) in [5, 5.41) is 2.79. The lowest BCUT2D eigenvalue weighted by Gasteiger charge is -2.40. The number of primary amides is 1. The van der Waals surface area contributed by atoms with Gasteiger partial charge in [-0.15, -0.1) is 0 Å². The number of nitrogens with two attached hydrogens (primary N) is 1. The largest absolute Gasteiger partial charge is 0.373 e. The summed E-state index contributed by atoms with van der Waals surface area (Å²) in [5.41, 5.74) is 6.18. The molecule has 2 amide bonds. The molecule has 11 heteroatoms. The molecule has 2 saturated heterocycles. The van der Waals surface area contributed by atoms with Gasteiger partial charge in [0.2, 0.25) is 11.8 Å². The van der Waals surface area contributed by atoms with Crippen LogP contribution in [-0.4, -0.2) is 91.8 Å².